The van der Waals surface area contributed by atoms with Gasteiger partial charge < -0.3 is 10.4 Å². The van der Waals surface area contributed by atoms with Gasteiger partial charge in [-0.05, 0) is 53.6 Å². The molecule has 0 heterocycles. The van der Waals surface area contributed by atoms with Gasteiger partial charge in [-0.1, -0.05) is 56.6 Å². The summed E-state index contributed by atoms with van der Waals surface area (Å²) < 4.78 is 27.6. The molecule has 0 aliphatic rings. The number of nitrogens with one attached hydrogen (secondary N) is 2. The zero-order valence-corrected chi connectivity index (χ0v) is 20.0. The summed E-state index contributed by atoms with van der Waals surface area (Å²) in [5.41, 5.74) is 1.54. The first-order valence-corrected chi connectivity index (χ1v) is 12.1. The van der Waals surface area contributed by atoms with Gasteiger partial charge in [0, 0.05) is 18.0 Å². The van der Waals surface area contributed by atoms with Gasteiger partial charge in [0.05, 0.1) is 4.90 Å². The predicted molar refractivity (Wildman–Crippen MR) is 125 cm³/mol. The maximum Gasteiger partial charge on any atom is 0.321 e. The summed E-state index contributed by atoms with van der Waals surface area (Å²) in [6.45, 7) is 6.12. The zero-order valence-electron chi connectivity index (χ0n) is 18.4. The molecule has 32 heavy (non-hydrogen) atoms. The Morgan fingerprint density at radius 2 is 1.53 bits per heavy atom. The van der Waals surface area contributed by atoms with Crippen LogP contribution in [0.4, 0.5) is 0 Å². The summed E-state index contributed by atoms with van der Waals surface area (Å²) in [7, 11) is -4.03. The molecule has 2 aromatic carbocycles. The van der Waals surface area contributed by atoms with E-state index < -0.39 is 22.0 Å². The number of hydrogen-bond donors (Lipinski definition) is 3. The Balaban J connectivity index is 1.97. The van der Waals surface area contributed by atoms with Crippen molar-refractivity contribution in [3.63, 3.8) is 0 Å². The van der Waals surface area contributed by atoms with Gasteiger partial charge in [0.15, 0.2) is 0 Å². The lowest BCUT2D eigenvalue weighted by atomic mass is 9.92. The number of aliphatic carboxylic acids is 1. The summed E-state index contributed by atoms with van der Waals surface area (Å²) in [5, 5.41) is 12.8. The number of halogens is 1. The van der Waals surface area contributed by atoms with Crippen LogP contribution in [0.15, 0.2) is 53.4 Å². The highest BCUT2D eigenvalue weighted by molar-refractivity contribution is 7.89. The number of carboxylic acid groups (broad SMARTS) is 1. The van der Waals surface area contributed by atoms with E-state index in [1.807, 2.05) is 32.9 Å². The Hall–Kier alpha value is -2.42. The average molecular weight is 481 g/mol. The molecular weight excluding hydrogens is 452 g/mol. The highest BCUT2D eigenvalue weighted by Crippen LogP contribution is 2.23. The third-order valence-electron chi connectivity index (χ3n) is 4.62. The lowest BCUT2D eigenvalue weighted by Gasteiger charge is -2.18. The van der Waals surface area contributed by atoms with Gasteiger partial charge in [-0.2, -0.15) is 4.72 Å². The van der Waals surface area contributed by atoms with Crippen molar-refractivity contribution in [2.45, 2.75) is 51.0 Å². The molecule has 2 rings (SSSR count). The molecule has 0 aromatic heterocycles. The molecule has 0 aliphatic carbocycles. The van der Waals surface area contributed by atoms with Gasteiger partial charge in [0.1, 0.15) is 6.04 Å². The van der Waals surface area contributed by atoms with Crippen molar-refractivity contribution in [2.75, 3.05) is 6.54 Å². The molecule has 1 atom stereocenters. The summed E-state index contributed by atoms with van der Waals surface area (Å²) >= 11 is 5.89. The van der Waals surface area contributed by atoms with Gasteiger partial charge in [-0.3, -0.25) is 9.59 Å². The van der Waals surface area contributed by atoms with Crippen LogP contribution in [0.2, 0.25) is 5.02 Å². The number of rotatable bonds is 10. The molecule has 0 unspecified atom stereocenters. The minimum atomic E-state index is -4.03. The molecule has 0 bridgehead atoms. The Morgan fingerprint density at radius 1 is 1.00 bits per heavy atom. The number of amides is 1. The first-order valence-electron chi connectivity index (χ1n) is 10.3. The monoisotopic (exact) mass is 480 g/mol. The first kappa shape index (κ1) is 25.8. The van der Waals surface area contributed by atoms with Crippen LogP contribution in [0.3, 0.4) is 0 Å². The van der Waals surface area contributed by atoms with Crippen molar-refractivity contribution in [1.29, 1.82) is 0 Å². The second kappa shape index (κ2) is 10.9. The van der Waals surface area contributed by atoms with Gasteiger partial charge >= 0.3 is 5.97 Å². The molecule has 3 N–H and O–H groups in total. The third-order valence-corrected chi connectivity index (χ3v) is 6.36. The zero-order chi connectivity index (χ0) is 23.9. The molecule has 9 heteroatoms. The molecule has 2 aromatic rings. The standard InChI is InChI=1S/C23H29ClN2O5S/c1-23(2,3)15-21(27)25-14-4-5-20(22(28)29)26-32(30,31)19-12-8-17(9-13-19)16-6-10-18(24)11-7-16/h6-13,20,26H,4-5,14-15H2,1-3H3,(H,25,27)(H,28,29)/t20-/m0/s1. The summed E-state index contributed by atoms with van der Waals surface area (Å²) in [6.07, 6.45) is 0.728. The number of carbonyl (C=O) groups excluding carboxylic acids is 1. The normalized spacial score (nSPS) is 12.9. The van der Waals surface area contributed by atoms with Crippen molar-refractivity contribution in [3.8, 4) is 11.1 Å². The molecule has 174 valence electrons. The van der Waals surface area contributed by atoms with Gasteiger partial charge in [-0.25, -0.2) is 8.42 Å². The Labute approximate surface area is 194 Å². The minimum Gasteiger partial charge on any atom is -0.480 e. The summed E-state index contributed by atoms with van der Waals surface area (Å²) in [4.78, 5) is 23.4. The highest BCUT2D eigenvalue weighted by Gasteiger charge is 2.25. The molecule has 0 radical (unpaired) electrons. The lowest BCUT2D eigenvalue weighted by molar-refractivity contribution is -0.139. The SMILES string of the molecule is CC(C)(C)CC(=O)NCCC[C@H](NS(=O)(=O)c1ccc(-c2ccc(Cl)cc2)cc1)C(=O)O. The number of hydrogen-bond acceptors (Lipinski definition) is 4. The maximum absolute atomic E-state index is 12.7. The number of carboxylic acids is 1. The predicted octanol–water partition coefficient (Wildman–Crippen LogP) is 4.07. The quantitative estimate of drug-likeness (QED) is 0.443. The van der Waals surface area contributed by atoms with Crippen LogP contribution in [0.1, 0.15) is 40.0 Å². The third kappa shape index (κ3) is 8.26. The van der Waals surface area contributed by atoms with Crippen molar-refractivity contribution in [2.24, 2.45) is 5.41 Å². The average Bonchev–Trinajstić information content (AvgIpc) is 2.69. The second-order valence-electron chi connectivity index (χ2n) is 8.77. The minimum absolute atomic E-state index is 0.0278. The maximum atomic E-state index is 12.7. The number of sulfonamides is 1. The van der Waals surface area contributed by atoms with Crippen LogP contribution in [0, 0.1) is 5.41 Å². The van der Waals surface area contributed by atoms with E-state index in [1.165, 1.54) is 12.1 Å². The first-order chi connectivity index (χ1) is 14.9. The lowest BCUT2D eigenvalue weighted by Crippen LogP contribution is -2.41. The van der Waals surface area contributed by atoms with Gasteiger partial charge in [0.2, 0.25) is 15.9 Å². The van der Waals surface area contributed by atoms with Crippen LogP contribution in [-0.4, -0.2) is 38.0 Å². The van der Waals surface area contributed by atoms with Crippen LogP contribution in [-0.2, 0) is 19.6 Å². The Bertz CT molecular complexity index is 1030. The highest BCUT2D eigenvalue weighted by atomic mass is 35.5. The van der Waals surface area contributed by atoms with Gasteiger partial charge in [0.25, 0.3) is 0 Å². The molecule has 0 saturated carbocycles. The molecule has 0 saturated heterocycles. The fourth-order valence-electron chi connectivity index (χ4n) is 3.04. The van der Waals surface area contributed by atoms with Crippen LogP contribution < -0.4 is 10.0 Å². The summed E-state index contributed by atoms with van der Waals surface area (Å²) in [6, 6.07) is 12.0. The van der Waals surface area contributed by atoms with E-state index in [-0.39, 0.29) is 29.2 Å². The topological polar surface area (TPSA) is 113 Å². The Morgan fingerprint density at radius 3 is 2.03 bits per heavy atom. The van der Waals surface area contributed by atoms with Crippen LogP contribution in [0.5, 0.6) is 0 Å². The molecule has 1 amide bonds. The van der Waals surface area contributed by atoms with E-state index in [0.717, 1.165) is 11.1 Å². The van der Waals surface area contributed by atoms with E-state index >= 15 is 0 Å². The fourth-order valence-corrected chi connectivity index (χ4v) is 4.38. The Kier molecular flexibility index (Phi) is 8.83. The van der Waals surface area contributed by atoms with E-state index in [2.05, 4.69) is 10.0 Å². The van der Waals surface area contributed by atoms with E-state index in [9.17, 15) is 23.1 Å². The van der Waals surface area contributed by atoms with Crippen LogP contribution in [0.25, 0.3) is 11.1 Å². The smallest absolute Gasteiger partial charge is 0.321 e. The van der Waals surface area contributed by atoms with Crippen LogP contribution >= 0.6 is 11.6 Å². The molecule has 0 fully saturated rings. The number of benzene rings is 2. The molecular formula is C23H29ClN2O5S. The van der Waals surface area contributed by atoms with Gasteiger partial charge in [-0.15, -0.1) is 0 Å². The van der Waals surface area contributed by atoms with Crippen molar-refractivity contribution >= 4 is 33.5 Å². The van der Waals surface area contributed by atoms with Crippen molar-refractivity contribution in [1.82, 2.24) is 10.0 Å². The van der Waals surface area contributed by atoms with E-state index in [4.69, 9.17) is 11.6 Å². The largest absolute Gasteiger partial charge is 0.480 e. The molecule has 0 spiro atoms. The number of carbonyl (C=O) groups is 2. The second-order valence-corrected chi connectivity index (χ2v) is 10.9. The fraction of sp³-hybridized carbons (Fsp3) is 0.391. The molecule has 7 nitrogen and oxygen atoms in total. The van der Waals surface area contributed by atoms with E-state index in [1.54, 1.807) is 24.3 Å². The van der Waals surface area contributed by atoms with Crippen molar-refractivity contribution < 1.29 is 23.1 Å². The molecule has 0 aliphatic heterocycles. The summed E-state index contributed by atoms with van der Waals surface area (Å²) in [5.74, 6) is -1.39. The van der Waals surface area contributed by atoms with E-state index in [0.29, 0.717) is 17.9 Å². The van der Waals surface area contributed by atoms with Crippen molar-refractivity contribution in [3.05, 3.63) is 53.6 Å².